The lowest BCUT2D eigenvalue weighted by Crippen LogP contribution is -2.53. The maximum Gasteiger partial charge on any atom is 0.243 e. The maximum absolute atomic E-state index is 13.1. The highest BCUT2D eigenvalue weighted by molar-refractivity contribution is 7.89. The van der Waals surface area contributed by atoms with Gasteiger partial charge in [-0.15, -0.1) is 0 Å². The molecule has 0 aliphatic carbocycles. The number of piperidine rings is 1. The van der Waals surface area contributed by atoms with E-state index >= 15 is 0 Å². The van der Waals surface area contributed by atoms with Crippen LogP contribution in [0, 0.1) is 12.8 Å². The molecule has 0 spiro atoms. The third kappa shape index (κ3) is 5.37. The highest BCUT2D eigenvalue weighted by atomic mass is 32.2. The van der Waals surface area contributed by atoms with Gasteiger partial charge in [0, 0.05) is 45.2 Å². The minimum atomic E-state index is -3.63. The molecule has 0 aromatic heterocycles. The van der Waals surface area contributed by atoms with Gasteiger partial charge < -0.3 is 9.64 Å². The van der Waals surface area contributed by atoms with Crippen LogP contribution in [0.25, 0.3) is 0 Å². The average molecular weight is 522 g/mol. The van der Waals surface area contributed by atoms with Crippen molar-refractivity contribution < 1.29 is 26.4 Å². The van der Waals surface area contributed by atoms with Crippen molar-refractivity contribution in [3.63, 3.8) is 0 Å². The SMILES string of the molecule is COc1ccc(S(=O)(=O)N2CCC(C(=O)N3CCN(S(=O)(=O)c4ccc(C)cc4)CC3)CC2)cc1. The standard InChI is InChI=1S/C24H31N3O6S2/c1-19-3-7-22(8-4-19)35(31,32)27-17-15-25(16-18-27)24(28)20-11-13-26(14-12-20)34(29,30)23-9-5-21(33-2)6-10-23/h3-10,20H,11-18H2,1-2H3. The summed E-state index contributed by atoms with van der Waals surface area (Å²) < 4.78 is 59.7. The molecular formula is C24H31N3O6S2. The van der Waals surface area contributed by atoms with E-state index in [2.05, 4.69) is 0 Å². The second-order valence-corrected chi connectivity index (χ2v) is 12.8. The quantitative estimate of drug-likeness (QED) is 0.576. The van der Waals surface area contributed by atoms with E-state index in [-0.39, 0.29) is 47.8 Å². The van der Waals surface area contributed by atoms with Crippen molar-refractivity contribution in [2.45, 2.75) is 29.6 Å². The Labute approximate surface area is 207 Å². The number of benzene rings is 2. The molecule has 0 bridgehead atoms. The highest BCUT2D eigenvalue weighted by Gasteiger charge is 2.36. The maximum atomic E-state index is 13.1. The molecule has 2 fully saturated rings. The van der Waals surface area contributed by atoms with Gasteiger partial charge >= 0.3 is 0 Å². The number of nitrogens with zero attached hydrogens (tertiary/aromatic N) is 3. The minimum Gasteiger partial charge on any atom is -0.497 e. The number of hydrogen-bond donors (Lipinski definition) is 0. The van der Waals surface area contributed by atoms with Crippen LogP contribution in [0.3, 0.4) is 0 Å². The molecule has 0 radical (unpaired) electrons. The summed E-state index contributed by atoms with van der Waals surface area (Å²) in [6, 6.07) is 13.0. The van der Waals surface area contributed by atoms with Gasteiger partial charge in [-0.2, -0.15) is 8.61 Å². The Kier molecular flexibility index (Phi) is 7.51. The second-order valence-electron chi connectivity index (χ2n) is 8.90. The number of amides is 1. The van der Waals surface area contributed by atoms with Gasteiger partial charge in [-0.1, -0.05) is 17.7 Å². The molecule has 4 rings (SSSR count). The Balaban J connectivity index is 1.32. The van der Waals surface area contributed by atoms with E-state index in [0.717, 1.165) is 5.56 Å². The van der Waals surface area contributed by atoms with Crippen molar-refractivity contribution in [3.05, 3.63) is 54.1 Å². The fourth-order valence-electron chi connectivity index (χ4n) is 4.51. The van der Waals surface area contributed by atoms with Crippen molar-refractivity contribution >= 4 is 26.0 Å². The smallest absolute Gasteiger partial charge is 0.243 e. The number of rotatable bonds is 6. The first-order valence-electron chi connectivity index (χ1n) is 11.6. The van der Waals surface area contributed by atoms with Crippen LogP contribution < -0.4 is 4.74 Å². The fraction of sp³-hybridized carbons (Fsp3) is 0.458. The zero-order valence-corrected chi connectivity index (χ0v) is 21.6. The van der Waals surface area contributed by atoms with Crippen molar-refractivity contribution in [1.82, 2.24) is 13.5 Å². The number of ether oxygens (including phenoxy) is 1. The Bertz CT molecular complexity index is 1250. The summed E-state index contributed by atoms with van der Waals surface area (Å²) in [5, 5.41) is 0. The third-order valence-corrected chi connectivity index (χ3v) is 10.5. The van der Waals surface area contributed by atoms with Gasteiger partial charge in [-0.25, -0.2) is 16.8 Å². The fourth-order valence-corrected chi connectivity index (χ4v) is 7.40. The molecule has 2 aliphatic rings. The molecule has 9 nitrogen and oxygen atoms in total. The van der Waals surface area contributed by atoms with Crippen molar-refractivity contribution in [2.24, 2.45) is 5.92 Å². The zero-order chi connectivity index (χ0) is 25.2. The average Bonchev–Trinajstić information content (AvgIpc) is 2.88. The van der Waals surface area contributed by atoms with Crippen LogP contribution in [0.4, 0.5) is 0 Å². The van der Waals surface area contributed by atoms with Gasteiger partial charge in [0.2, 0.25) is 26.0 Å². The van der Waals surface area contributed by atoms with E-state index in [1.54, 1.807) is 41.3 Å². The molecule has 0 unspecified atom stereocenters. The van der Waals surface area contributed by atoms with Crippen LogP contribution in [0.2, 0.25) is 0 Å². The van der Waals surface area contributed by atoms with Gasteiger partial charge in [0.25, 0.3) is 0 Å². The summed E-state index contributed by atoms with van der Waals surface area (Å²) >= 11 is 0. The number of piperazine rings is 1. The van der Waals surface area contributed by atoms with Crippen molar-refractivity contribution in [3.8, 4) is 5.75 Å². The van der Waals surface area contributed by atoms with Gasteiger partial charge in [-0.05, 0) is 56.2 Å². The molecule has 11 heteroatoms. The van der Waals surface area contributed by atoms with Gasteiger partial charge in [-0.3, -0.25) is 4.79 Å². The van der Waals surface area contributed by atoms with Crippen LogP contribution in [-0.4, -0.2) is 82.6 Å². The second kappa shape index (κ2) is 10.3. The summed E-state index contributed by atoms with van der Waals surface area (Å²) in [5.74, 6) is 0.288. The molecule has 0 atom stereocenters. The first-order chi connectivity index (χ1) is 16.6. The molecule has 190 valence electrons. The topological polar surface area (TPSA) is 104 Å². The predicted octanol–water partition coefficient (Wildman–Crippen LogP) is 1.94. The zero-order valence-electron chi connectivity index (χ0n) is 20.0. The van der Waals surface area contributed by atoms with Gasteiger partial charge in [0.05, 0.1) is 16.9 Å². The lowest BCUT2D eigenvalue weighted by molar-refractivity contribution is -0.137. The van der Waals surface area contributed by atoms with E-state index in [1.165, 1.54) is 27.9 Å². The van der Waals surface area contributed by atoms with E-state index < -0.39 is 20.0 Å². The Morgan fingerprint density at radius 1 is 0.743 bits per heavy atom. The lowest BCUT2D eigenvalue weighted by Gasteiger charge is -2.37. The molecule has 2 heterocycles. The number of aryl methyl sites for hydroxylation is 1. The number of hydrogen-bond acceptors (Lipinski definition) is 6. The molecule has 35 heavy (non-hydrogen) atoms. The van der Waals surface area contributed by atoms with Crippen LogP contribution in [-0.2, 0) is 24.8 Å². The predicted molar refractivity (Wildman–Crippen MR) is 131 cm³/mol. The van der Waals surface area contributed by atoms with E-state index in [9.17, 15) is 21.6 Å². The molecular weight excluding hydrogens is 490 g/mol. The Hall–Kier alpha value is -2.47. The Morgan fingerprint density at radius 3 is 1.69 bits per heavy atom. The number of sulfonamides is 2. The van der Waals surface area contributed by atoms with Crippen LogP contribution in [0.5, 0.6) is 5.75 Å². The first kappa shape index (κ1) is 25.6. The third-order valence-electron chi connectivity index (χ3n) is 6.71. The van der Waals surface area contributed by atoms with E-state index in [0.29, 0.717) is 31.7 Å². The molecule has 2 saturated heterocycles. The monoisotopic (exact) mass is 521 g/mol. The normalized spacial score (nSPS) is 19.0. The molecule has 2 aliphatic heterocycles. The Morgan fingerprint density at radius 2 is 1.20 bits per heavy atom. The van der Waals surface area contributed by atoms with Crippen molar-refractivity contribution in [1.29, 1.82) is 0 Å². The number of carbonyl (C=O) groups excluding carboxylic acids is 1. The number of carbonyl (C=O) groups is 1. The number of methoxy groups -OCH3 is 1. The largest absolute Gasteiger partial charge is 0.497 e. The van der Waals surface area contributed by atoms with Crippen LogP contribution in [0.1, 0.15) is 18.4 Å². The van der Waals surface area contributed by atoms with Crippen molar-refractivity contribution in [2.75, 3.05) is 46.4 Å². The minimum absolute atomic E-state index is 0.0288. The lowest BCUT2D eigenvalue weighted by atomic mass is 9.96. The summed E-state index contributed by atoms with van der Waals surface area (Å²) in [7, 11) is -5.71. The molecule has 0 saturated carbocycles. The van der Waals surface area contributed by atoms with E-state index in [4.69, 9.17) is 4.74 Å². The molecule has 2 aromatic carbocycles. The first-order valence-corrected chi connectivity index (χ1v) is 14.5. The van der Waals surface area contributed by atoms with Gasteiger partial charge in [0.15, 0.2) is 0 Å². The van der Waals surface area contributed by atoms with Gasteiger partial charge in [0.1, 0.15) is 5.75 Å². The summed E-state index contributed by atoms with van der Waals surface area (Å²) in [5.41, 5.74) is 0.988. The summed E-state index contributed by atoms with van der Waals surface area (Å²) in [4.78, 5) is 15.3. The highest BCUT2D eigenvalue weighted by Crippen LogP contribution is 2.27. The molecule has 1 amide bonds. The molecule has 2 aromatic rings. The molecule has 0 N–H and O–H groups in total. The summed E-state index contributed by atoms with van der Waals surface area (Å²) in [6.07, 6.45) is 0.881. The van der Waals surface area contributed by atoms with Crippen LogP contribution in [0.15, 0.2) is 58.3 Å². The van der Waals surface area contributed by atoms with Crippen LogP contribution >= 0.6 is 0 Å². The van der Waals surface area contributed by atoms with E-state index in [1.807, 2.05) is 6.92 Å². The summed E-state index contributed by atoms with van der Waals surface area (Å²) in [6.45, 7) is 3.58.